The molecular formula is C14H21NO. The van der Waals surface area contributed by atoms with Gasteiger partial charge >= 0.3 is 0 Å². The Kier molecular flexibility index (Phi) is 3.97. The molecule has 1 atom stereocenters. The minimum atomic E-state index is 0.380. The van der Waals surface area contributed by atoms with Crippen LogP contribution < -0.4 is 0 Å². The van der Waals surface area contributed by atoms with E-state index in [9.17, 15) is 0 Å². The van der Waals surface area contributed by atoms with E-state index in [1.54, 1.807) is 0 Å². The molecule has 2 rings (SSSR count). The highest BCUT2D eigenvalue weighted by Crippen LogP contribution is 2.19. The van der Waals surface area contributed by atoms with Crippen LogP contribution in [-0.2, 0) is 17.7 Å². The molecule has 0 aliphatic carbocycles. The van der Waals surface area contributed by atoms with Crippen LogP contribution in [0.5, 0.6) is 0 Å². The standard InChI is InChI=1S/C14H21NO/c1-3-14(16-2)11-15-9-8-12-6-4-5-7-13(12)10-15/h4-7,14H,3,8-11H2,1-2H3. The highest BCUT2D eigenvalue weighted by atomic mass is 16.5. The lowest BCUT2D eigenvalue weighted by Gasteiger charge is -2.31. The fourth-order valence-corrected chi connectivity index (χ4v) is 2.37. The topological polar surface area (TPSA) is 12.5 Å². The number of nitrogens with zero attached hydrogens (tertiary/aromatic N) is 1. The van der Waals surface area contributed by atoms with Crippen molar-refractivity contribution in [3.63, 3.8) is 0 Å². The maximum absolute atomic E-state index is 5.45. The van der Waals surface area contributed by atoms with Gasteiger partial charge in [0.2, 0.25) is 0 Å². The third-order valence-corrected chi connectivity index (χ3v) is 3.46. The lowest BCUT2D eigenvalue weighted by atomic mass is 9.99. The monoisotopic (exact) mass is 219 g/mol. The smallest absolute Gasteiger partial charge is 0.0695 e. The zero-order valence-electron chi connectivity index (χ0n) is 10.3. The highest BCUT2D eigenvalue weighted by molar-refractivity contribution is 5.29. The molecular weight excluding hydrogens is 198 g/mol. The fourth-order valence-electron chi connectivity index (χ4n) is 2.37. The summed E-state index contributed by atoms with van der Waals surface area (Å²) in [6, 6.07) is 8.77. The van der Waals surface area contributed by atoms with E-state index in [2.05, 4.69) is 36.1 Å². The van der Waals surface area contributed by atoms with Gasteiger partial charge in [0.25, 0.3) is 0 Å². The second-order valence-corrected chi connectivity index (χ2v) is 4.52. The van der Waals surface area contributed by atoms with Crippen LogP contribution in [0.2, 0.25) is 0 Å². The summed E-state index contributed by atoms with van der Waals surface area (Å²) >= 11 is 0. The molecule has 2 nitrogen and oxygen atoms in total. The SMILES string of the molecule is CCC(CN1CCc2ccccc2C1)OC. The normalized spacial score (nSPS) is 18.1. The largest absolute Gasteiger partial charge is 0.380 e. The van der Waals surface area contributed by atoms with E-state index >= 15 is 0 Å². The van der Waals surface area contributed by atoms with Crippen molar-refractivity contribution in [2.24, 2.45) is 0 Å². The second kappa shape index (κ2) is 5.46. The number of fused-ring (bicyclic) bond motifs is 1. The Balaban J connectivity index is 1.97. The molecule has 1 aliphatic rings. The quantitative estimate of drug-likeness (QED) is 0.771. The zero-order valence-corrected chi connectivity index (χ0v) is 10.3. The summed E-state index contributed by atoms with van der Waals surface area (Å²) in [6.45, 7) is 5.49. The first-order valence-corrected chi connectivity index (χ1v) is 6.15. The van der Waals surface area contributed by atoms with Gasteiger partial charge in [-0.15, -0.1) is 0 Å². The third-order valence-electron chi connectivity index (χ3n) is 3.46. The van der Waals surface area contributed by atoms with Crippen LogP contribution in [0, 0.1) is 0 Å². The zero-order chi connectivity index (χ0) is 11.4. The summed E-state index contributed by atoms with van der Waals surface area (Å²) in [5.74, 6) is 0. The Labute approximate surface area is 98.2 Å². The molecule has 0 amide bonds. The molecule has 1 aliphatic heterocycles. The Bertz CT molecular complexity index is 333. The lowest BCUT2D eigenvalue weighted by Crippen LogP contribution is -2.37. The molecule has 0 saturated carbocycles. The first kappa shape index (κ1) is 11.6. The number of benzene rings is 1. The molecule has 16 heavy (non-hydrogen) atoms. The molecule has 0 bridgehead atoms. The average molecular weight is 219 g/mol. The van der Waals surface area contributed by atoms with E-state index in [4.69, 9.17) is 4.74 Å². The van der Waals surface area contributed by atoms with E-state index in [0.29, 0.717) is 6.10 Å². The van der Waals surface area contributed by atoms with Crippen LogP contribution in [-0.4, -0.2) is 31.2 Å². The van der Waals surface area contributed by atoms with Gasteiger partial charge in [-0.3, -0.25) is 4.90 Å². The first-order chi connectivity index (χ1) is 7.83. The lowest BCUT2D eigenvalue weighted by molar-refractivity contribution is 0.0570. The number of rotatable bonds is 4. The van der Waals surface area contributed by atoms with Crippen molar-refractivity contribution in [3.05, 3.63) is 35.4 Å². The van der Waals surface area contributed by atoms with Crippen molar-refractivity contribution >= 4 is 0 Å². The minimum Gasteiger partial charge on any atom is -0.380 e. The van der Waals surface area contributed by atoms with Gasteiger partial charge in [-0.05, 0) is 24.0 Å². The summed E-state index contributed by atoms with van der Waals surface area (Å²) < 4.78 is 5.45. The summed E-state index contributed by atoms with van der Waals surface area (Å²) in [7, 11) is 1.81. The molecule has 2 heteroatoms. The number of hydrogen-bond donors (Lipinski definition) is 0. The molecule has 1 aromatic carbocycles. The first-order valence-electron chi connectivity index (χ1n) is 6.15. The van der Waals surface area contributed by atoms with Gasteiger partial charge in [0.1, 0.15) is 0 Å². The van der Waals surface area contributed by atoms with Crippen molar-refractivity contribution in [3.8, 4) is 0 Å². The van der Waals surface area contributed by atoms with Crippen LogP contribution >= 0.6 is 0 Å². The van der Waals surface area contributed by atoms with Crippen molar-refractivity contribution in [2.45, 2.75) is 32.4 Å². The number of ether oxygens (including phenoxy) is 1. The minimum absolute atomic E-state index is 0.380. The second-order valence-electron chi connectivity index (χ2n) is 4.52. The van der Waals surface area contributed by atoms with Gasteiger partial charge in [-0.1, -0.05) is 31.2 Å². The third kappa shape index (κ3) is 2.63. The van der Waals surface area contributed by atoms with Gasteiger partial charge in [0.15, 0.2) is 0 Å². The summed E-state index contributed by atoms with van der Waals surface area (Å²) in [5.41, 5.74) is 3.00. The molecule has 0 saturated heterocycles. The Hall–Kier alpha value is -0.860. The maximum atomic E-state index is 5.45. The predicted molar refractivity (Wildman–Crippen MR) is 66.5 cm³/mol. The maximum Gasteiger partial charge on any atom is 0.0695 e. The number of hydrogen-bond acceptors (Lipinski definition) is 2. The van der Waals surface area contributed by atoms with Crippen LogP contribution in [0.1, 0.15) is 24.5 Å². The van der Waals surface area contributed by atoms with Crippen LogP contribution in [0.15, 0.2) is 24.3 Å². The molecule has 1 aromatic rings. The van der Waals surface area contributed by atoms with Gasteiger partial charge in [0, 0.05) is 26.7 Å². The van der Waals surface area contributed by atoms with Gasteiger partial charge < -0.3 is 4.74 Å². The van der Waals surface area contributed by atoms with Gasteiger partial charge in [0.05, 0.1) is 6.10 Å². The van der Waals surface area contributed by atoms with Crippen molar-refractivity contribution < 1.29 is 4.74 Å². The summed E-state index contributed by atoms with van der Waals surface area (Å²) in [5, 5.41) is 0. The number of methoxy groups -OCH3 is 1. The van der Waals surface area contributed by atoms with Crippen LogP contribution in [0.3, 0.4) is 0 Å². The van der Waals surface area contributed by atoms with Crippen molar-refractivity contribution in [2.75, 3.05) is 20.2 Å². The fraction of sp³-hybridized carbons (Fsp3) is 0.571. The Morgan fingerprint density at radius 2 is 2.06 bits per heavy atom. The molecule has 0 spiro atoms. The van der Waals surface area contributed by atoms with Gasteiger partial charge in [-0.2, -0.15) is 0 Å². The van der Waals surface area contributed by atoms with E-state index in [1.165, 1.54) is 17.5 Å². The summed E-state index contributed by atoms with van der Waals surface area (Å²) in [6.07, 6.45) is 2.65. The van der Waals surface area contributed by atoms with Crippen molar-refractivity contribution in [1.82, 2.24) is 4.90 Å². The molecule has 0 N–H and O–H groups in total. The molecule has 1 heterocycles. The predicted octanol–water partition coefficient (Wildman–Crippen LogP) is 2.47. The molecule has 1 unspecified atom stereocenters. The average Bonchev–Trinajstić information content (AvgIpc) is 2.35. The van der Waals surface area contributed by atoms with Gasteiger partial charge in [-0.25, -0.2) is 0 Å². The Morgan fingerprint density at radius 3 is 2.75 bits per heavy atom. The van der Waals surface area contributed by atoms with Crippen LogP contribution in [0.25, 0.3) is 0 Å². The molecule has 0 fully saturated rings. The van der Waals surface area contributed by atoms with E-state index in [-0.39, 0.29) is 0 Å². The van der Waals surface area contributed by atoms with Crippen molar-refractivity contribution in [1.29, 1.82) is 0 Å². The highest BCUT2D eigenvalue weighted by Gasteiger charge is 2.18. The molecule has 88 valence electrons. The van der Waals surface area contributed by atoms with Crippen LogP contribution in [0.4, 0.5) is 0 Å². The summed E-state index contributed by atoms with van der Waals surface area (Å²) in [4.78, 5) is 2.50. The molecule has 0 aromatic heterocycles. The van der Waals surface area contributed by atoms with E-state index in [1.807, 2.05) is 7.11 Å². The molecule has 0 radical (unpaired) electrons. The van der Waals surface area contributed by atoms with E-state index in [0.717, 1.165) is 26.1 Å². The Morgan fingerprint density at radius 1 is 1.31 bits per heavy atom. The van der Waals surface area contributed by atoms with E-state index < -0.39 is 0 Å².